The molecule has 2 nitrogen and oxygen atoms in total. The van der Waals surface area contributed by atoms with Crippen molar-refractivity contribution < 1.29 is 0 Å². The van der Waals surface area contributed by atoms with Crippen LogP contribution < -0.4 is 0 Å². The van der Waals surface area contributed by atoms with Crippen molar-refractivity contribution in [2.24, 2.45) is 0 Å². The smallest absolute Gasteiger partial charge is 0.0547 e. The Bertz CT molecular complexity index is 3110. The number of hydrogen-bond acceptors (Lipinski definition) is 1. The molecule has 11 aromatic rings. The highest BCUT2D eigenvalue weighted by Crippen LogP contribution is 2.40. The standard InChI is InChI=1S/C46H28N2S/c1-2-12-33-29(10-1)11-9-18-40(33)48-42-17-7-3-13-34(42)36-23-20-31(27-44(36)48)30-21-24-43-38(26-30)35-14-4-6-16-41(35)47(43)32-22-25-46-39(28-32)37-15-5-8-19-45(37)49-46/h1-28H. The van der Waals surface area contributed by atoms with E-state index in [1.165, 1.54) is 97.1 Å². The van der Waals surface area contributed by atoms with Crippen molar-refractivity contribution in [2.45, 2.75) is 0 Å². The van der Waals surface area contributed by atoms with Crippen LogP contribution in [0.25, 0.3) is 97.1 Å². The van der Waals surface area contributed by atoms with Gasteiger partial charge < -0.3 is 9.13 Å². The van der Waals surface area contributed by atoms with Gasteiger partial charge in [0.2, 0.25) is 0 Å². The van der Waals surface area contributed by atoms with E-state index in [-0.39, 0.29) is 0 Å². The van der Waals surface area contributed by atoms with Gasteiger partial charge in [-0.1, -0.05) is 109 Å². The highest BCUT2D eigenvalue weighted by molar-refractivity contribution is 7.25. The molecule has 0 bridgehead atoms. The Morgan fingerprint density at radius 1 is 0.327 bits per heavy atom. The van der Waals surface area contributed by atoms with Gasteiger partial charge in [0.15, 0.2) is 0 Å². The molecule has 0 spiro atoms. The van der Waals surface area contributed by atoms with E-state index in [4.69, 9.17) is 0 Å². The first-order valence-electron chi connectivity index (χ1n) is 16.8. The molecule has 0 unspecified atom stereocenters. The normalized spacial score (nSPS) is 12.1. The first kappa shape index (κ1) is 26.9. The van der Waals surface area contributed by atoms with E-state index in [0.29, 0.717) is 0 Å². The number of hydrogen-bond donors (Lipinski definition) is 0. The maximum absolute atomic E-state index is 2.45. The van der Waals surface area contributed by atoms with Gasteiger partial charge in [0.05, 0.1) is 27.8 Å². The Hall–Kier alpha value is -6.16. The van der Waals surface area contributed by atoms with Gasteiger partial charge in [0.1, 0.15) is 0 Å². The quantitative estimate of drug-likeness (QED) is 0.182. The van der Waals surface area contributed by atoms with Gasteiger partial charge in [0, 0.05) is 52.8 Å². The summed E-state index contributed by atoms with van der Waals surface area (Å²) in [4.78, 5) is 0. The van der Waals surface area contributed by atoms with E-state index in [1.807, 2.05) is 11.3 Å². The predicted octanol–water partition coefficient (Wildman–Crippen LogP) is 13.1. The molecular weight excluding hydrogens is 613 g/mol. The van der Waals surface area contributed by atoms with E-state index in [2.05, 4.69) is 179 Å². The summed E-state index contributed by atoms with van der Waals surface area (Å²) in [6.45, 7) is 0. The summed E-state index contributed by atoms with van der Waals surface area (Å²) in [5.41, 5.74) is 9.70. The summed E-state index contributed by atoms with van der Waals surface area (Å²) < 4.78 is 7.54. The molecule has 49 heavy (non-hydrogen) atoms. The van der Waals surface area contributed by atoms with Crippen LogP contribution in [-0.2, 0) is 0 Å². The van der Waals surface area contributed by atoms with Crippen molar-refractivity contribution >= 4 is 85.9 Å². The Kier molecular flexibility index (Phi) is 5.57. The maximum Gasteiger partial charge on any atom is 0.0547 e. The van der Waals surface area contributed by atoms with Crippen LogP contribution in [0.15, 0.2) is 170 Å². The number of aromatic nitrogens is 2. The third kappa shape index (κ3) is 3.88. The molecule has 0 aliphatic carbocycles. The third-order valence-corrected chi connectivity index (χ3v) is 11.5. The molecule has 11 rings (SSSR count). The molecule has 0 aliphatic heterocycles. The van der Waals surface area contributed by atoms with Gasteiger partial charge in [-0.3, -0.25) is 0 Å². The number of rotatable bonds is 3. The summed E-state index contributed by atoms with van der Waals surface area (Å²) in [6, 6.07) is 62.5. The van der Waals surface area contributed by atoms with Crippen molar-refractivity contribution in [3.63, 3.8) is 0 Å². The Labute approximate surface area is 286 Å². The highest BCUT2D eigenvalue weighted by Gasteiger charge is 2.17. The van der Waals surface area contributed by atoms with Gasteiger partial charge in [-0.05, 0) is 77.2 Å². The molecule has 0 radical (unpaired) electrons. The van der Waals surface area contributed by atoms with Crippen LogP contribution in [0, 0.1) is 0 Å². The second-order valence-corrected chi connectivity index (χ2v) is 14.0. The fourth-order valence-corrected chi connectivity index (χ4v) is 9.18. The zero-order valence-electron chi connectivity index (χ0n) is 26.5. The molecule has 0 N–H and O–H groups in total. The third-order valence-electron chi connectivity index (χ3n) is 10.3. The van der Waals surface area contributed by atoms with Crippen LogP contribution in [0.5, 0.6) is 0 Å². The molecule has 8 aromatic carbocycles. The molecule has 0 aliphatic rings. The summed E-state index contributed by atoms with van der Waals surface area (Å²) in [7, 11) is 0. The lowest BCUT2D eigenvalue weighted by Crippen LogP contribution is -1.95. The van der Waals surface area contributed by atoms with Crippen LogP contribution in [-0.4, -0.2) is 9.13 Å². The highest BCUT2D eigenvalue weighted by atomic mass is 32.1. The van der Waals surface area contributed by atoms with Crippen molar-refractivity contribution in [2.75, 3.05) is 0 Å². The molecular formula is C46H28N2S. The van der Waals surface area contributed by atoms with Crippen LogP contribution in [0.3, 0.4) is 0 Å². The fourth-order valence-electron chi connectivity index (χ4n) is 8.10. The Balaban J connectivity index is 1.13. The van der Waals surface area contributed by atoms with Gasteiger partial charge in [-0.2, -0.15) is 0 Å². The Morgan fingerprint density at radius 3 is 1.82 bits per heavy atom. The predicted molar refractivity (Wildman–Crippen MR) is 211 cm³/mol. The van der Waals surface area contributed by atoms with E-state index >= 15 is 0 Å². The molecule has 0 amide bonds. The lowest BCUT2D eigenvalue weighted by molar-refractivity contribution is 1.19. The summed E-state index contributed by atoms with van der Waals surface area (Å²) in [5.74, 6) is 0. The van der Waals surface area contributed by atoms with Crippen molar-refractivity contribution in [3.8, 4) is 22.5 Å². The SMILES string of the molecule is c1ccc2c(-n3c4ccccc4c4ccc(-c5ccc6c(c5)c5ccccc5n6-c5ccc6sc7ccccc7c6c5)cc43)cccc2c1. The summed E-state index contributed by atoms with van der Waals surface area (Å²) in [6.07, 6.45) is 0. The molecule has 3 aromatic heterocycles. The van der Waals surface area contributed by atoms with E-state index in [9.17, 15) is 0 Å². The number of nitrogens with zero attached hydrogens (tertiary/aromatic N) is 2. The van der Waals surface area contributed by atoms with Gasteiger partial charge >= 0.3 is 0 Å². The molecule has 0 saturated heterocycles. The summed E-state index contributed by atoms with van der Waals surface area (Å²) >= 11 is 1.87. The molecule has 3 heteroatoms. The minimum absolute atomic E-state index is 1.19. The van der Waals surface area contributed by atoms with Crippen molar-refractivity contribution in [3.05, 3.63) is 170 Å². The minimum atomic E-state index is 1.19. The molecule has 0 atom stereocenters. The van der Waals surface area contributed by atoms with Crippen LogP contribution in [0.4, 0.5) is 0 Å². The van der Waals surface area contributed by atoms with Gasteiger partial charge in [0.25, 0.3) is 0 Å². The van der Waals surface area contributed by atoms with Gasteiger partial charge in [-0.15, -0.1) is 11.3 Å². The monoisotopic (exact) mass is 640 g/mol. The zero-order valence-corrected chi connectivity index (χ0v) is 27.3. The average Bonchev–Trinajstić information content (AvgIpc) is 3.81. The van der Waals surface area contributed by atoms with Crippen LogP contribution in [0.2, 0.25) is 0 Å². The van der Waals surface area contributed by atoms with E-state index in [0.717, 1.165) is 0 Å². The maximum atomic E-state index is 2.45. The molecule has 3 heterocycles. The topological polar surface area (TPSA) is 9.86 Å². The lowest BCUT2D eigenvalue weighted by atomic mass is 10.0. The number of benzene rings is 8. The van der Waals surface area contributed by atoms with E-state index in [1.54, 1.807) is 0 Å². The zero-order chi connectivity index (χ0) is 32.1. The Morgan fingerprint density at radius 2 is 0.939 bits per heavy atom. The van der Waals surface area contributed by atoms with E-state index < -0.39 is 0 Å². The molecule has 0 saturated carbocycles. The van der Waals surface area contributed by atoms with Gasteiger partial charge in [-0.25, -0.2) is 0 Å². The molecule has 0 fully saturated rings. The largest absolute Gasteiger partial charge is 0.309 e. The minimum Gasteiger partial charge on any atom is -0.309 e. The first-order valence-corrected chi connectivity index (χ1v) is 17.6. The average molecular weight is 641 g/mol. The van der Waals surface area contributed by atoms with Crippen molar-refractivity contribution in [1.82, 2.24) is 9.13 Å². The second-order valence-electron chi connectivity index (χ2n) is 12.9. The number of para-hydroxylation sites is 2. The summed E-state index contributed by atoms with van der Waals surface area (Å²) in [5, 5.41) is 10.2. The molecule has 228 valence electrons. The first-order chi connectivity index (χ1) is 24.3. The lowest BCUT2D eigenvalue weighted by Gasteiger charge is -2.12. The van der Waals surface area contributed by atoms with Crippen molar-refractivity contribution in [1.29, 1.82) is 0 Å². The van der Waals surface area contributed by atoms with Crippen LogP contribution >= 0.6 is 11.3 Å². The fraction of sp³-hybridized carbons (Fsp3) is 0. The van der Waals surface area contributed by atoms with Crippen LogP contribution in [0.1, 0.15) is 0 Å². The number of fused-ring (bicyclic) bond motifs is 10. The number of thiophene rings is 1. The second kappa shape index (κ2) is 10.2.